The minimum absolute atomic E-state index is 0. The number of fused-ring (bicyclic) bond motifs is 1. The normalized spacial score (nSPS) is 19.3. The van der Waals surface area contributed by atoms with E-state index in [-0.39, 0.29) is 29.5 Å². The van der Waals surface area contributed by atoms with Gasteiger partial charge in [0.1, 0.15) is 0 Å². The molecule has 1 amide bonds. The van der Waals surface area contributed by atoms with Gasteiger partial charge in [0, 0.05) is 29.8 Å². The molecule has 0 aliphatic carbocycles. The second kappa shape index (κ2) is 6.62. The van der Waals surface area contributed by atoms with Crippen LogP contribution in [0.2, 0.25) is 0 Å². The van der Waals surface area contributed by atoms with Gasteiger partial charge in [0.05, 0.1) is 4.92 Å². The van der Waals surface area contributed by atoms with Crippen molar-refractivity contribution >= 4 is 24.0 Å². The molecule has 6 nitrogen and oxygen atoms in total. The maximum absolute atomic E-state index is 12.2. The van der Waals surface area contributed by atoms with E-state index in [9.17, 15) is 14.9 Å². The number of nitro benzene ring substituents is 1. The predicted molar refractivity (Wildman–Crippen MR) is 85.4 cm³/mol. The fourth-order valence-electron chi connectivity index (χ4n) is 3.60. The number of carbonyl (C=O) groups excluding carboxylic acids is 1. The number of carbonyl (C=O) groups is 1. The number of hydrogen-bond acceptors (Lipinski definition) is 4. The average Bonchev–Trinajstić information content (AvgIpc) is 3.04. The molecule has 0 saturated carbocycles. The third-order valence-electron chi connectivity index (χ3n) is 4.73. The SMILES string of the molecule is Cl.O=C(NCC12CCCN1CCC2)c1ccc([N+](=O)[O-])cc1. The Morgan fingerprint density at radius 3 is 2.36 bits per heavy atom. The van der Waals surface area contributed by atoms with Crippen molar-refractivity contribution in [1.82, 2.24) is 10.2 Å². The first kappa shape index (κ1) is 16.7. The summed E-state index contributed by atoms with van der Waals surface area (Å²) in [5.41, 5.74) is 0.624. The van der Waals surface area contributed by atoms with Crippen molar-refractivity contribution in [3.8, 4) is 0 Å². The third-order valence-corrected chi connectivity index (χ3v) is 4.73. The molecule has 0 atom stereocenters. The Balaban J connectivity index is 0.00000176. The average molecular weight is 326 g/mol. The molecule has 1 aromatic rings. The highest BCUT2D eigenvalue weighted by atomic mass is 35.5. The molecule has 3 rings (SSSR count). The van der Waals surface area contributed by atoms with Gasteiger partial charge in [0.15, 0.2) is 0 Å². The molecule has 2 aliphatic heterocycles. The zero-order valence-electron chi connectivity index (χ0n) is 12.3. The lowest BCUT2D eigenvalue weighted by Gasteiger charge is -2.32. The lowest BCUT2D eigenvalue weighted by atomic mass is 9.94. The first-order valence-electron chi connectivity index (χ1n) is 7.38. The Kier molecular flexibility index (Phi) is 5.03. The largest absolute Gasteiger partial charge is 0.350 e. The summed E-state index contributed by atoms with van der Waals surface area (Å²) in [5.74, 6) is -0.155. The summed E-state index contributed by atoms with van der Waals surface area (Å²) in [7, 11) is 0. The molecule has 1 N–H and O–H groups in total. The Bertz CT molecular complexity index is 552. The van der Waals surface area contributed by atoms with Crippen molar-refractivity contribution in [3.63, 3.8) is 0 Å². The number of benzene rings is 1. The van der Waals surface area contributed by atoms with E-state index in [1.807, 2.05) is 0 Å². The molecular weight excluding hydrogens is 306 g/mol. The zero-order valence-corrected chi connectivity index (χ0v) is 13.1. The van der Waals surface area contributed by atoms with E-state index < -0.39 is 4.92 Å². The molecule has 120 valence electrons. The summed E-state index contributed by atoms with van der Waals surface area (Å²) >= 11 is 0. The quantitative estimate of drug-likeness (QED) is 0.681. The van der Waals surface area contributed by atoms with Gasteiger partial charge in [-0.1, -0.05) is 0 Å². The van der Waals surface area contributed by atoms with E-state index in [1.165, 1.54) is 37.1 Å². The van der Waals surface area contributed by atoms with Crippen LogP contribution in [-0.4, -0.2) is 40.9 Å². The van der Waals surface area contributed by atoms with Crippen LogP contribution in [0.25, 0.3) is 0 Å². The first-order chi connectivity index (χ1) is 10.1. The van der Waals surface area contributed by atoms with Crippen molar-refractivity contribution in [3.05, 3.63) is 39.9 Å². The number of nitro groups is 1. The molecule has 2 fully saturated rings. The Morgan fingerprint density at radius 2 is 1.82 bits per heavy atom. The van der Waals surface area contributed by atoms with Crippen LogP contribution >= 0.6 is 12.4 Å². The van der Waals surface area contributed by atoms with E-state index in [1.54, 1.807) is 0 Å². The molecule has 0 spiro atoms. The van der Waals surface area contributed by atoms with Crippen molar-refractivity contribution in [2.45, 2.75) is 31.2 Å². The minimum atomic E-state index is -0.463. The Morgan fingerprint density at radius 1 is 1.23 bits per heavy atom. The minimum Gasteiger partial charge on any atom is -0.350 e. The van der Waals surface area contributed by atoms with Gasteiger partial charge < -0.3 is 5.32 Å². The molecule has 0 bridgehead atoms. The summed E-state index contributed by atoms with van der Waals surface area (Å²) in [4.78, 5) is 24.8. The maximum Gasteiger partial charge on any atom is 0.269 e. The summed E-state index contributed by atoms with van der Waals surface area (Å²) in [6, 6.07) is 5.74. The predicted octanol–water partition coefficient (Wildman–Crippen LogP) is 2.37. The number of nitrogens with zero attached hydrogens (tertiary/aromatic N) is 2. The second-order valence-electron chi connectivity index (χ2n) is 5.91. The highest BCUT2D eigenvalue weighted by molar-refractivity contribution is 5.94. The zero-order chi connectivity index (χ0) is 14.9. The van der Waals surface area contributed by atoms with Gasteiger partial charge in [-0.05, 0) is 50.9 Å². The highest BCUT2D eigenvalue weighted by Gasteiger charge is 2.44. The van der Waals surface area contributed by atoms with Gasteiger partial charge in [0.25, 0.3) is 11.6 Å². The van der Waals surface area contributed by atoms with Crippen LogP contribution < -0.4 is 5.32 Å². The Hall–Kier alpha value is -1.66. The smallest absolute Gasteiger partial charge is 0.269 e. The van der Waals surface area contributed by atoms with Gasteiger partial charge in [-0.2, -0.15) is 0 Å². The maximum atomic E-state index is 12.2. The van der Waals surface area contributed by atoms with Gasteiger partial charge in [0.2, 0.25) is 0 Å². The lowest BCUT2D eigenvalue weighted by molar-refractivity contribution is -0.384. The molecular formula is C15H20ClN3O3. The highest BCUT2D eigenvalue weighted by Crippen LogP contribution is 2.38. The fraction of sp³-hybridized carbons (Fsp3) is 0.533. The van der Waals surface area contributed by atoms with Gasteiger partial charge in [-0.15, -0.1) is 12.4 Å². The van der Waals surface area contributed by atoms with Crippen molar-refractivity contribution in [2.75, 3.05) is 19.6 Å². The lowest BCUT2D eigenvalue weighted by Crippen LogP contribution is -2.48. The number of rotatable bonds is 4. The number of hydrogen-bond donors (Lipinski definition) is 1. The van der Waals surface area contributed by atoms with Crippen LogP contribution in [0.3, 0.4) is 0 Å². The number of nitrogens with one attached hydrogen (secondary N) is 1. The number of halogens is 1. The molecule has 1 aromatic carbocycles. The van der Waals surface area contributed by atoms with Crippen LogP contribution in [0.15, 0.2) is 24.3 Å². The monoisotopic (exact) mass is 325 g/mol. The molecule has 0 unspecified atom stereocenters. The second-order valence-corrected chi connectivity index (χ2v) is 5.91. The molecule has 0 radical (unpaired) electrons. The summed E-state index contributed by atoms with van der Waals surface area (Å²) in [6.07, 6.45) is 4.70. The first-order valence-corrected chi connectivity index (χ1v) is 7.38. The van der Waals surface area contributed by atoms with Gasteiger partial charge in [-0.25, -0.2) is 0 Å². The van der Waals surface area contributed by atoms with E-state index >= 15 is 0 Å². The van der Waals surface area contributed by atoms with E-state index in [4.69, 9.17) is 0 Å². The summed E-state index contributed by atoms with van der Waals surface area (Å²) in [5, 5.41) is 13.6. The van der Waals surface area contributed by atoms with Crippen molar-refractivity contribution in [2.24, 2.45) is 0 Å². The standard InChI is InChI=1S/C15H19N3O3.ClH/c19-14(12-3-5-13(6-4-12)18(20)21)16-11-15-7-1-9-17(15)10-2-8-15;/h3-6H,1-2,7-11H2,(H,16,19);1H. The fourth-order valence-corrected chi connectivity index (χ4v) is 3.60. The van der Waals surface area contributed by atoms with Crippen molar-refractivity contribution < 1.29 is 9.72 Å². The summed E-state index contributed by atoms with van der Waals surface area (Å²) < 4.78 is 0. The topological polar surface area (TPSA) is 75.5 Å². The van der Waals surface area contributed by atoms with E-state index in [0.717, 1.165) is 25.9 Å². The number of non-ortho nitro benzene ring substituents is 1. The van der Waals surface area contributed by atoms with Crippen LogP contribution in [0.4, 0.5) is 5.69 Å². The van der Waals surface area contributed by atoms with Gasteiger partial charge in [-0.3, -0.25) is 19.8 Å². The molecule has 2 saturated heterocycles. The number of amides is 1. The van der Waals surface area contributed by atoms with Crippen LogP contribution in [-0.2, 0) is 0 Å². The third kappa shape index (κ3) is 3.08. The van der Waals surface area contributed by atoms with E-state index in [0.29, 0.717) is 12.1 Å². The van der Waals surface area contributed by atoms with Crippen molar-refractivity contribution in [1.29, 1.82) is 0 Å². The van der Waals surface area contributed by atoms with Gasteiger partial charge >= 0.3 is 0 Å². The molecule has 22 heavy (non-hydrogen) atoms. The summed E-state index contributed by atoms with van der Waals surface area (Å²) in [6.45, 7) is 2.93. The van der Waals surface area contributed by atoms with E-state index in [2.05, 4.69) is 10.2 Å². The molecule has 2 aliphatic rings. The Labute approximate surface area is 135 Å². The van der Waals surface area contributed by atoms with Crippen LogP contribution in [0, 0.1) is 10.1 Å². The molecule has 7 heteroatoms. The van der Waals surface area contributed by atoms with Crippen LogP contribution in [0.1, 0.15) is 36.0 Å². The molecule has 0 aromatic heterocycles. The molecule has 2 heterocycles. The van der Waals surface area contributed by atoms with Crippen LogP contribution in [0.5, 0.6) is 0 Å².